The zero-order valence-corrected chi connectivity index (χ0v) is 10.8. The highest BCUT2D eigenvalue weighted by molar-refractivity contribution is 7.98. The topological polar surface area (TPSA) is 0 Å². The molecule has 0 fully saturated rings. The van der Waals surface area contributed by atoms with E-state index in [1.54, 1.807) is 18.2 Å². The predicted octanol–water partition coefficient (Wildman–Crippen LogP) is 4.34. The maximum atomic E-state index is 14.1. The van der Waals surface area contributed by atoms with Crippen molar-refractivity contribution < 1.29 is 8.78 Å². The lowest BCUT2D eigenvalue weighted by Gasteiger charge is -2.15. The van der Waals surface area contributed by atoms with Gasteiger partial charge in [0.1, 0.15) is 11.6 Å². The maximum absolute atomic E-state index is 14.1. The van der Waals surface area contributed by atoms with Crippen molar-refractivity contribution in [3.63, 3.8) is 0 Å². The van der Waals surface area contributed by atoms with Crippen LogP contribution < -0.4 is 0 Å². The molecule has 1 aliphatic rings. The van der Waals surface area contributed by atoms with Crippen molar-refractivity contribution >= 4 is 11.8 Å². The molecule has 0 bridgehead atoms. The summed E-state index contributed by atoms with van der Waals surface area (Å²) in [5, 5.41) is 0. The molecular formula is C16H10F2S. The minimum Gasteiger partial charge on any atom is -0.207 e. The molecule has 0 radical (unpaired) electrons. The largest absolute Gasteiger partial charge is 0.207 e. The molecular weight excluding hydrogens is 262 g/mol. The summed E-state index contributed by atoms with van der Waals surface area (Å²) in [5.41, 5.74) is 2.02. The molecule has 0 amide bonds. The number of halogens is 2. The van der Waals surface area contributed by atoms with Crippen LogP contribution in [0, 0.1) is 24.0 Å². The Hall–Kier alpha value is -1.79. The van der Waals surface area contributed by atoms with Gasteiger partial charge in [0.15, 0.2) is 0 Å². The number of fused-ring (bicyclic) bond motifs is 2. The molecule has 0 aromatic heterocycles. The number of terminal acetylenes is 1. The first-order chi connectivity index (χ1) is 9.22. The summed E-state index contributed by atoms with van der Waals surface area (Å²) in [7, 11) is 0. The van der Waals surface area contributed by atoms with Gasteiger partial charge in [-0.2, -0.15) is 0 Å². The predicted molar refractivity (Wildman–Crippen MR) is 73.0 cm³/mol. The Labute approximate surface area is 114 Å². The van der Waals surface area contributed by atoms with Crippen LogP contribution in [0.2, 0.25) is 0 Å². The normalized spacial score (nSPS) is 17.0. The van der Waals surface area contributed by atoms with Gasteiger partial charge in [-0.3, -0.25) is 0 Å². The van der Waals surface area contributed by atoms with Crippen LogP contribution in [0.1, 0.15) is 22.6 Å². The van der Waals surface area contributed by atoms with E-state index in [4.69, 9.17) is 6.42 Å². The van der Waals surface area contributed by atoms with Crippen LogP contribution in [0.5, 0.6) is 0 Å². The van der Waals surface area contributed by atoms with Crippen LogP contribution in [0.25, 0.3) is 0 Å². The molecule has 1 atom stereocenters. The van der Waals surface area contributed by atoms with E-state index in [1.807, 2.05) is 6.07 Å². The monoisotopic (exact) mass is 272 g/mol. The highest BCUT2D eigenvalue weighted by atomic mass is 32.2. The molecule has 0 spiro atoms. The average Bonchev–Trinajstić information content (AvgIpc) is 2.57. The molecule has 0 unspecified atom stereocenters. The molecule has 94 valence electrons. The van der Waals surface area contributed by atoms with Gasteiger partial charge < -0.3 is 0 Å². The van der Waals surface area contributed by atoms with E-state index in [2.05, 4.69) is 5.92 Å². The first-order valence-corrected chi connectivity index (χ1v) is 6.85. The summed E-state index contributed by atoms with van der Waals surface area (Å²) < 4.78 is 28.0. The van der Waals surface area contributed by atoms with Crippen LogP contribution in [-0.4, -0.2) is 0 Å². The maximum Gasteiger partial charge on any atom is 0.137 e. The number of rotatable bonds is 0. The Balaban J connectivity index is 2.29. The van der Waals surface area contributed by atoms with Gasteiger partial charge in [-0.1, -0.05) is 30.2 Å². The minimum atomic E-state index is -0.531. The van der Waals surface area contributed by atoms with Crippen molar-refractivity contribution in [2.75, 3.05) is 0 Å². The molecule has 0 saturated heterocycles. The Bertz CT molecular complexity index is 686. The summed E-state index contributed by atoms with van der Waals surface area (Å²) in [5.74, 6) is 1.98. The second-order valence-corrected chi connectivity index (χ2v) is 5.34. The molecule has 0 nitrogen and oxygen atoms in total. The third-order valence-electron chi connectivity index (χ3n) is 3.28. The summed E-state index contributed by atoms with van der Waals surface area (Å²) in [6, 6.07) is 9.71. The fourth-order valence-corrected chi connectivity index (χ4v) is 3.52. The van der Waals surface area contributed by atoms with Crippen molar-refractivity contribution in [2.45, 2.75) is 16.6 Å². The number of benzene rings is 2. The molecule has 2 aromatic carbocycles. The lowest BCUT2D eigenvalue weighted by atomic mass is 9.89. The van der Waals surface area contributed by atoms with Gasteiger partial charge in [-0.25, -0.2) is 8.78 Å². The summed E-state index contributed by atoms with van der Waals surface area (Å²) in [6.45, 7) is 0. The van der Waals surface area contributed by atoms with Gasteiger partial charge in [0.25, 0.3) is 0 Å². The van der Waals surface area contributed by atoms with Crippen molar-refractivity contribution in [1.82, 2.24) is 0 Å². The van der Waals surface area contributed by atoms with E-state index in [0.29, 0.717) is 21.8 Å². The van der Waals surface area contributed by atoms with Gasteiger partial charge in [-0.05, 0) is 23.3 Å². The Morgan fingerprint density at radius 2 is 1.84 bits per heavy atom. The number of hydrogen-bond donors (Lipinski definition) is 0. The van der Waals surface area contributed by atoms with Crippen molar-refractivity contribution in [1.29, 1.82) is 0 Å². The SMILES string of the molecule is C#C[C@@H]1c2cccc(F)c2SCc2cccc(F)c21. The number of thioether (sulfide) groups is 1. The third-order valence-corrected chi connectivity index (χ3v) is 4.45. The first kappa shape index (κ1) is 12.3. The van der Waals surface area contributed by atoms with Gasteiger partial charge >= 0.3 is 0 Å². The molecule has 3 heteroatoms. The van der Waals surface area contributed by atoms with Gasteiger partial charge in [0, 0.05) is 16.2 Å². The molecule has 3 rings (SSSR count). The molecule has 0 saturated carbocycles. The smallest absolute Gasteiger partial charge is 0.137 e. The molecule has 0 N–H and O–H groups in total. The Morgan fingerprint density at radius 3 is 2.63 bits per heavy atom. The standard InChI is InChI=1S/C16H10F2S/c1-2-11-12-6-4-8-14(18)16(12)19-9-10-5-3-7-13(17)15(10)11/h1,3-8,11H,9H2/t11-/m1/s1. The van der Waals surface area contributed by atoms with Crippen LogP contribution in [0.4, 0.5) is 8.78 Å². The molecule has 1 aliphatic heterocycles. The van der Waals surface area contributed by atoms with Crippen molar-refractivity contribution in [3.05, 3.63) is 64.7 Å². The quantitative estimate of drug-likeness (QED) is 0.643. The fraction of sp³-hybridized carbons (Fsp3) is 0.125. The summed E-state index contributed by atoms with van der Waals surface area (Å²) in [6.07, 6.45) is 5.57. The Kier molecular flexibility index (Phi) is 3.04. The van der Waals surface area contributed by atoms with E-state index in [0.717, 1.165) is 5.56 Å². The van der Waals surface area contributed by atoms with E-state index >= 15 is 0 Å². The van der Waals surface area contributed by atoms with E-state index < -0.39 is 5.92 Å². The Morgan fingerprint density at radius 1 is 1.11 bits per heavy atom. The zero-order valence-electron chi connectivity index (χ0n) is 9.99. The van der Waals surface area contributed by atoms with Crippen molar-refractivity contribution in [3.8, 4) is 12.3 Å². The highest BCUT2D eigenvalue weighted by Gasteiger charge is 2.26. The van der Waals surface area contributed by atoms with Gasteiger partial charge in [0.05, 0.1) is 5.92 Å². The molecule has 1 heterocycles. The van der Waals surface area contributed by atoms with Gasteiger partial charge in [0.2, 0.25) is 0 Å². The summed E-state index contributed by atoms with van der Waals surface area (Å²) in [4.78, 5) is 0.529. The average molecular weight is 272 g/mol. The van der Waals surface area contributed by atoms with E-state index in [-0.39, 0.29) is 11.6 Å². The van der Waals surface area contributed by atoms with E-state index in [1.165, 1.54) is 23.9 Å². The van der Waals surface area contributed by atoms with Crippen LogP contribution >= 0.6 is 11.8 Å². The second kappa shape index (κ2) is 4.71. The van der Waals surface area contributed by atoms with Crippen molar-refractivity contribution in [2.24, 2.45) is 0 Å². The second-order valence-electron chi connectivity index (χ2n) is 4.36. The molecule has 2 aromatic rings. The highest BCUT2D eigenvalue weighted by Crippen LogP contribution is 2.42. The molecule has 0 aliphatic carbocycles. The number of hydrogen-bond acceptors (Lipinski definition) is 1. The van der Waals surface area contributed by atoms with Crippen LogP contribution in [-0.2, 0) is 5.75 Å². The summed E-state index contributed by atoms with van der Waals surface area (Å²) >= 11 is 1.37. The van der Waals surface area contributed by atoms with Crippen LogP contribution in [0.3, 0.4) is 0 Å². The zero-order chi connectivity index (χ0) is 13.4. The lowest BCUT2D eigenvalue weighted by molar-refractivity contribution is 0.591. The lowest BCUT2D eigenvalue weighted by Crippen LogP contribution is -2.04. The first-order valence-electron chi connectivity index (χ1n) is 5.87. The molecule has 19 heavy (non-hydrogen) atoms. The minimum absolute atomic E-state index is 0.295. The fourth-order valence-electron chi connectivity index (χ4n) is 2.41. The van der Waals surface area contributed by atoms with Gasteiger partial charge in [-0.15, -0.1) is 18.2 Å². The van der Waals surface area contributed by atoms with Crippen LogP contribution in [0.15, 0.2) is 41.3 Å². The van der Waals surface area contributed by atoms with E-state index in [9.17, 15) is 8.78 Å². The third kappa shape index (κ3) is 1.93.